The molecule has 1 saturated heterocycles. The summed E-state index contributed by atoms with van der Waals surface area (Å²) in [6.07, 6.45) is 3.99. The van der Waals surface area contributed by atoms with Crippen LogP contribution in [0.25, 0.3) is 0 Å². The molecular formula is C15H23N3. The zero-order valence-electron chi connectivity index (χ0n) is 11.2. The summed E-state index contributed by atoms with van der Waals surface area (Å²) in [5, 5.41) is 7.37. The van der Waals surface area contributed by atoms with Crippen molar-refractivity contribution in [2.45, 2.75) is 32.7 Å². The Hall–Kier alpha value is -1.35. The Kier molecular flexibility index (Phi) is 4.37. The Morgan fingerprint density at radius 3 is 2.39 bits per heavy atom. The zero-order valence-corrected chi connectivity index (χ0v) is 11.2. The molecular weight excluding hydrogens is 222 g/mol. The van der Waals surface area contributed by atoms with Gasteiger partial charge in [-0.05, 0) is 37.4 Å². The fourth-order valence-electron chi connectivity index (χ4n) is 2.60. The molecule has 1 heterocycles. The number of hydrogen-bond donors (Lipinski definition) is 2. The van der Waals surface area contributed by atoms with E-state index >= 15 is 0 Å². The molecule has 1 aromatic carbocycles. The predicted molar refractivity (Wildman–Crippen MR) is 75.8 cm³/mol. The number of nitrogens with one attached hydrogen (secondary N) is 1. The first-order valence-electron chi connectivity index (χ1n) is 6.84. The average molecular weight is 245 g/mol. The molecule has 0 aliphatic carbocycles. The number of benzene rings is 1. The van der Waals surface area contributed by atoms with Crippen LogP contribution >= 0.6 is 0 Å². The fraction of sp³-hybridized carbons (Fsp3) is 0.533. The summed E-state index contributed by atoms with van der Waals surface area (Å²) in [4.78, 5) is 2.52. The topological polar surface area (TPSA) is 53.1 Å². The second kappa shape index (κ2) is 6.01. The molecule has 0 bridgehead atoms. The number of nitrogens with two attached hydrogens (primary N) is 1. The highest BCUT2D eigenvalue weighted by molar-refractivity contribution is 5.94. The van der Waals surface area contributed by atoms with Gasteiger partial charge in [0.1, 0.15) is 5.84 Å². The normalized spacial score (nSPS) is 17.8. The van der Waals surface area contributed by atoms with E-state index in [1.165, 1.54) is 37.9 Å². The number of nitrogen functional groups attached to an aromatic ring is 1. The molecule has 3 heteroatoms. The first-order valence-corrected chi connectivity index (χ1v) is 6.84. The van der Waals surface area contributed by atoms with Crippen molar-refractivity contribution >= 4 is 5.84 Å². The summed E-state index contributed by atoms with van der Waals surface area (Å²) in [5.41, 5.74) is 7.58. The van der Waals surface area contributed by atoms with Gasteiger partial charge >= 0.3 is 0 Å². The van der Waals surface area contributed by atoms with Crippen molar-refractivity contribution in [3.8, 4) is 0 Å². The molecule has 3 nitrogen and oxygen atoms in total. The van der Waals surface area contributed by atoms with Crippen molar-refractivity contribution in [3.05, 3.63) is 35.4 Å². The first kappa shape index (κ1) is 13.1. The molecule has 0 spiro atoms. The van der Waals surface area contributed by atoms with E-state index in [2.05, 4.69) is 24.0 Å². The maximum atomic E-state index is 7.37. The monoisotopic (exact) mass is 245 g/mol. The maximum absolute atomic E-state index is 7.37. The second-order valence-corrected chi connectivity index (χ2v) is 5.24. The number of hydrogen-bond acceptors (Lipinski definition) is 2. The molecule has 2 rings (SSSR count). The van der Waals surface area contributed by atoms with Gasteiger partial charge in [-0.25, -0.2) is 0 Å². The lowest BCUT2D eigenvalue weighted by atomic mass is 9.94. The van der Waals surface area contributed by atoms with Crippen LogP contribution in [0.2, 0.25) is 0 Å². The van der Waals surface area contributed by atoms with Crippen LogP contribution in [0.1, 0.15) is 37.3 Å². The maximum Gasteiger partial charge on any atom is 0.122 e. The van der Waals surface area contributed by atoms with Gasteiger partial charge in [0.25, 0.3) is 0 Å². The van der Waals surface area contributed by atoms with Crippen LogP contribution in [-0.4, -0.2) is 23.8 Å². The molecule has 3 N–H and O–H groups in total. The van der Waals surface area contributed by atoms with E-state index in [4.69, 9.17) is 11.1 Å². The van der Waals surface area contributed by atoms with Gasteiger partial charge in [0.15, 0.2) is 0 Å². The van der Waals surface area contributed by atoms with Crippen LogP contribution in [0.15, 0.2) is 24.3 Å². The molecule has 1 fully saturated rings. The van der Waals surface area contributed by atoms with Crippen LogP contribution < -0.4 is 5.73 Å². The smallest absolute Gasteiger partial charge is 0.122 e. The molecule has 0 unspecified atom stereocenters. The SMILES string of the molecule is CCC1CCN(Cc2ccc(C(=N)N)cc2)CC1. The van der Waals surface area contributed by atoms with Gasteiger partial charge < -0.3 is 5.73 Å². The highest BCUT2D eigenvalue weighted by Gasteiger charge is 2.17. The van der Waals surface area contributed by atoms with Crippen molar-refractivity contribution in [2.75, 3.05) is 13.1 Å². The van der Waals surface area contributed by atoms with Gasteiger partial charge in [0.2, 0.25) is 0 Å². The lowest BCUT2D eigenvalue weighted by molar-refractivity contribution is 0.175. The minimum atomic E-state index is 0.144. The van der Waals surface area contributed by atoms with Crippen LogP contribution in [0.3, 0.4) is 0 Å². The third-order valence-electron chi connectivity index (χ3n) is 3.96. The second-order valence-electron chi connectivity index (χ2n) is 5.24. The molecule has 0 atom stereocenters. The third kappa shape index (κ3) is 3.33. The number of amidine groups is 1. The summed E-state index contributed by atoms with van der Waals surface area (Å²) in [7, 11) is 0. The highest BCUT2D eigenvalue weighted by atomic mass is 15.1. The first-order chi connectivity index (χ1) is 8.69. The molecule has 0 saturated carbocycles. The Balaban J connectivity index is 1.88. The number of rotatable bonds is 4. The van der Waals surface area contributed by atoms with Crippen molar-refractivity contribution in [2.24, 2.45) is 11.7 Å². The van der Waals surface area contributed by atoms with Crippen molar-refractivity contribution in [1.82, 2.24) is 4.90 Å². The fourth-order valence-corrected chi connectivity index (χ4v) is 2.60. The lowest BCUT2D eigenvalue weighted by Crippen LogP contribution is -2.33. The summed E-state index contributed by atoms with van der Waals surface area (Å²) in [6, 6.07) is 8.05. The summed E-state index contributed by atoms with van der Waals surface area (Å²) >= 11 is 0. The van der Waals surface area contributed by atoms with Gasteiger partial charge in [-0.2, -0.15) is 0 Å². The number of likely N-dealkylation sites (tertiary alicyclic amines) is 1. The Morgan fingerprint density at radius 2 is 1.89 bits per heavy atom. The summed E-state index contributed by atoms with van der Waals surface area (Å²) < 4.78 is 0. The van der Waals surface area contributed by atoms with E-state index in [-0.39, 0.29) is 5.84 Å². The van der Waals surface area contributed by atoms with Gasteiger partial charge in [-0.3, -0.25) is 10.3 Å². The van der Waals surface area contributed by atoms with Crippen molar-refractivity contribution < 1.29 is 0 Å². The molecule has 0 aromatic heterocycles. The number of nitrogens with zero attached hydrogens (tertiary/aromatic N) is 1. The highest BCUT2D eigenvalue weighted by Crippen LogP contribution is 2.21. The van der Waals surface area contributed by atoms with E-state index in [0.717, 1.165) is 18.0 Å². The molecule has 0 radical (unpaired) electrons. The van der Waals surface area contributed by atoms with E-state index < -0.39 is 0 Å². The van der Waals surface area contributed by atoms with Crippen LogP contribution in [0, 0.1) is 11.3 Å². The molecule has 0 amide bonds. The largest absolute Gasteiger partial charge is 0.384 e. The zero-order chi connectivity index (χ0) is 13.0. The molecule has 1 aromatic rings. The van der Waals surface area contributed by atoms with Crippen molar-refractivity contribution in [1.29, 1.82) is 5.41 Å². The minimum Gasteiger partial charge on any atom is -0.384 e. The average Bonchev–Trinajstić information content (AvgIpc) is 2.40. The van der Waals surface area contributed by atoms with E-state index in [1.54, 1.807) is 0 Å². The van der Waals surface area contributed by atoms with Gasteiger partial charge in [0, 0.05) is 12.1 Å². The molecule has 1 aliphatic heterocycles. The minimum absolute atomic E-state index is 0.144. The standard InChI is InChI=1S/C15H23N3/c1-2-12-7-9-18(10-8-12)11-13-3-5-14(6-4-13)15(16)17/h3-6,12H,2,7-11H2,1H3,(H3,16,17). The summed E-state index contributed by atoms with van der Waals surface area (Å²) in [5.74, 6) is 1.08. The van der Waals surface area contributed by atoms with Gasteiger partial charge in [-0.1, -0.05) is 37.6 Å². The van der Waals surface area contributed by atoms with Crippen LogP contribution in [-0.2, 0) is 6.54 Å². The van der Waals surface area contributed by atoms with E-state index in [1.807, 2.05) is 12.1 Å². The Morgan fingerprint density at radius 1 is 1.28 bits per heavy atom. The van der Waals surface area contributed by atoms with E-state index in [0.29, 0.717) is 0 Å². The quantitative estimate of drug-likeness (QED) is 0.633. The molecule has 18 heavy (non-hydrogen) atoms. The van der Waals surface area contributed by atoms with Crippen molar-refractivity contribution in [3.63, 3.8) is 0 Å². The Labute approximate surface area is 109 Å². The molecule has 1 aliphatic rings. The van der Waals surface area contributed by atoms with Crippen LogP contribution in [0.5, 0.6) is 0 Å². The lowest BCUT2D eigenvalue weighted by Gasteiger charge is -2.31. The number of piperidine rings is 1. The third-order valence-corrected chi connectivity index (χ3v) is 3.96. The summed E-state index contributed by atoms with van der Waals surface area (Å²) in [6.45, 7) is 5.75. The van der Waals surface area contributed by atoms with Gasteiger partial charge in [0.05, 0.1) is 0 Å². The van der Waals surface area contributed by atoms with E-state index in [9.17, 15) is 0 Å². The predicted octanol–water partition coefficient (Wildman–Crippen LogP) is 2.59. The Bertz CT molecular complexity index is 389. The molecule has 98 valence electrons. The van der Waals surface area contributed by atoms with Gasteiger partial charge in [-0.15, -0.1) is 0 Å². The van der Waals surface area contributed by atoms with Crippen LogP contribution in [0.4, 0.5) is 0 Å².